The van der Waals surface area contributed by atoms with Crippen LogP contribution in [0.25, 0.3) is 0 Å². The third-order valence-electron chi connectivity index (χ3n) is 6.60. The van der Waals surface area contributed by atoms with Crippen molar-refractivity contribution in [3.05, 3.63) is 47.5 Å². The number of nitrogens with zero attached hydrogens (tertiary/aromatic N) is 6. The minimum absolute atomic E-state index is 0.148. The maximum Gasteiger partial charge on any atom is 0.194 e. The van der Waals surface area contributed by atoms with Gasteiger partial charge in [0.1, 0.15) is 5.82 Å². The first-order chi connectivity index (χ1) is 15.6. The Labute approximate surface area is 190 Å². The summed E-state index contributed by atoms with van der Waals surface area (Å²) in [6.07, 6.45) is 5.15. The van der Waals surface area contributed by atoms with Crippen LogP contribution in [0.1, 0.15) is 37.3 Å². The highest BCUT2D eigenvalue weighted by Gasteiger charge is 2.27. The Morgan fingerprint density at radius 1 is 1.19 bits per heavy atom. The van der Waals surface area contributed by atoms with Crippen LogP contribution in [0.4, 0.5) is 10.1 Å². The van der Waals surface area contributed by atoms with Gasteiger partial charge in [-0.1, -0.05) is 13.0 Å². The maximum atomic E-state index is 14.9. The van der Waals surface area contributed by atoms with Crippen LogP contribution >= 0.6 is 0 Å². The Balaban J connectivity index is 1.39. The van der Waals surface area contributed by atoms with Crippen LogP contribution in [-0.2, 0) is 13.6 Å². The molecule has 0 bridgehead atoms. The molecule has 2 aromatic rings. The number of halogens is 1. The number of guanidine groups is 1. The van der Waals surface area contributed by atoms with Crippen molar-refractivity contribution in [1.29, 1.82) is 0 Å². The van der Waals surface area contributed by atoms with Gasteiger partial charge in [0, 0.05) is 65.0 Å². The molecule has 1 unspecified atom stereocenters. The summed E-state index contributed by atoms with van der Waals surface area (Å²) in [5, 5.41) is 7.72. The van der Waals surface area contributed by atoms with Crippen molar-refractivity contribution >= 4 is 11.6 Å². The molecule has 0 aliphatic carbocycles. The van der Waals surface area contributed by atoms with Gasteiger partial charge < -0.3 is 20.0 Å². The van der Waals surface area contributed by atoms with Gasteiger partial charge >= 0.3 is 0 Å². The molecular weight excluding hydrogens is 405 g/mol. The molecule has 0 spiro atoms. The number of likely N-dealkylation sites (N-methyl/N-ethyl adjacent to an activating group) is 1. The molecule has 32 heavy (non-hydrogen) atoms. The minimum Gasteiger partial charge on any atom is -0.367 e. The van der Waals surface area contributed by atoms with Gasteiger partial charge in [-0.05, 0) is 43.1 Å². The van der Waals surface area contributed by atoms with E-state index in [9.17, 15) is 4.39 Å². The predicted molar refractivity (Wildman–Crippen MR) is 128 cm³/mol. The molecule has 0 radical (unpaired) electrons. The van der Waals surface area contributed by atoms with Gasteiger partial charge in [-0.3, -0.25) is 4.68 Å². The Bertz CT molecular complexity index is 917. The summed E-state index contributed by atoms with van der Waals surface area (Å²) in [5.74, 6) is 1.22. The number of aryl methyl sites for hydroxylation is 1. The summed E-state index contributed by atoms with van der Waals surface area (Å²) in [7, 11) is 1.96. The van der Waals surface area contributed by atoms with Gasteiger partial charge in [-0.2, -0.15) is 5.10 Å². The molecular formula is C24H36FN7. The van der Waals surface area contributed by atoms with Crippen LogP contribution in [0.5, 0.6) is 0 Å². The summed E-state index contributed by atoms with van der Waals surface area (Å²) in [6.45, 7) is 12.2. The van der Waals surface area contributed by atoms with E-state index in [1.807, 2.05) is 30.1 Å². The van der Waals surface area contributed by atoms with Crippen molar-refractivity contribution in [2.75, 3.05) is 57.3 Å². The molecule has 2 aliphatic rings. The van der Waals surface area contributed by atoms with E-state index >= 15 is 0 Å². The van der Waals surface area contributed by atoms with Crippen LogP contribution in [-0.4, -0.2) is 77.9 Å². The Morgan fingerprint density at radius 2 is 2.00 bits per heavy atom. The molecule has 0 amide bonds. The quantitative estimate of drug-likeness (QED) is 0.552. The average molecular weight is 442 g/mol. The molecule has 2 fully saturated rings. The first kappa shape index (κ1) is 22.6. The van der Waals surface area contributed by atoms with E-state index in [-0.39, 0.29) is 5.82 Å². The first-order valence-corrected chi connectivity index (χ1v) is 11.8. The topological polar surface area (TPSA) is 51.9 Å². The lowest BCUT2D eigenvalue weighted by molar-refractivity contribution is 0.270. The number of aromatic nitrogens is 2. The van der Waals surface area contributed by atoms with Crippen LogP contribution < -0.4 is 10.2 Å². The minimum atomic E-state index is -0.148. The lowest BCUT2D eigenvalue weighted by atomic mass is 10.0. The molecule has 8 heteroatoms. The fourth-order valence-corrected chi connectivity index (χ4v) is 4.68. The second-order valence-corrected chi connectivity index (χ2v) is 8.76. The smallest absolute Gasteiger partial charge is 0.194 e. The summed E-state index contributed by atoms with van der Waals surface area (Å²) in [4.78, 5) is 11.7. The van der Waals surface area contributed by atoms with Crippen LogP contribution in [0.15, 0.2) is 35.6 Å². The fourth-order valence-electron chi connectivity index (χ4n) is 4.68. The predicted octanol–water partition coefficient (Wildman–Crippen LogP) is 2.66. The lowest BCUT2D eigenvalue weighted by Crippen LogP contribution is -2.46. The summed E-state index contributed by atoms with van der Waals surface area (Å²) >= 11 is 0. The number of aliphatic imine (C=N–C) groups is 1. The van der Waals surface area contributed by atoms with E-state index in [1.54, 1.807) is 6.07 Å². The van der Waals surface area contributed by atoms with Crippen molar-refractivity contribution < 1.29 is 4.39 Å². The van der Waals surface area contributed by atoms with E-state index in [4.69, 9.17) is 4.99 Å². The molecule has 1 atom stereocenters. The van der Waals surface area contributed by atoms with E-state index < -0.39 is 0 Å². The molecule has 3 heterocycles. The van der Waals surface area contributed by atoms with Gasteiger partial charge in [0.25, 0.3) is 0 Å². The van der Waals surface area contributed by atoms with Crippen LogP contribution in [0.2, 0.25) is 0 Å². The van der Waals surface area contributed by atoms with Crippen LogP contribution in [0, 0.1) is 5.82 Å². The number of benzene rings is 1. The zero-order valence-electron chi connectivity index (χ0n) is 19.6. The van der Waals surface area contributed by atoms with Gasteiger partial charge in [0.05, 0.1) is 18.4 Å². The van der Waals surface area contributed by atoms with E-state index in [1.165, 1.54) is 5.56 Å². The molecule has 1 aromatic heterocycles. The SMILES string of the molecule is CCNC(=NCc1ccc(N2CCN(CC)CC2)c(F)c1)N1CCC(c2cnn(C)c2)C1. The summed E-state index contributed by atoms with van der Waals surface area (Å²) in [6, 6.07) is 5.58. The number of hydrogen-bond donors (Lipinski definition) is 1. The summed E-state index contributed by atoms with van der Waals surface area (Å²) in [5.41, 5.74) is 2.89. The molecule has 7 nitrogen and oxygen atoms in total. The highest BCUT2D eigenvalue weighted by atomic mass is 19.1. The fraction of sp³-hybridized carbons (Fsp3) is 0.583. The second kappa shape index (κ2) is 10.3. The van der Waals surface area contributed by atoms with Crippen molar-refractivity contribution in [3.8, 4) is 0 Å². The number of nitrogens with one attached hydrogen (secondary N) is 1. The zero-order valence-corrected chi connectivity index (χ0v) is 19.6. The van der Waals surface area contributed by atoms with Crippen LogP contribution in [0.3, 0.4) is 0 Å². The van der Waals surface area contributed by atoms with Crippen molar-refractivity contribution in [3.63, 3.8) is 0 Å². The van der Waals surface area contributed by atoms with Crippen molar-refractivity contribution in [1.82, 2.24) is 24.9 Å². The third kappa shape index (κ3) is 5.23. The average Bonchev–Trinajstić information content (AvgIpc) is 3.46. The zero-order chi connectivity index (χ0) is 22.5. The molecule has 0 saturated carbocycles. The van der Waals surface area contributed by atoms with Crippen molar-refractivity contribution in [2.45, 2.75) is 32.7 Å². The number of likely N-dealkylation sites (tertiary alicyclic amines) is 1. The second-order valence-electron chi connectivity index (χ2n) is 8.76. The van der Waals surface area contributed by atoms with Gasteiger partial charge in [0.2, 0.25) is 0 Å². The van der Waals surface area contributed by atoms with Gasteiger partial charge in [-0.25, -0.2) is 9.38 Å². The lowest BCUT2D eigenvalue weighted by Gasteiger charge is -2.35. The standard InChI is InChI=1S/C24H36FN7/c1-4-26-24(32-9-8-20(18-32)21-16-28-29(3)17-21)27-15-19-6-7-23(22(25)14-19)31-12-10-30(5-2)11-13-31/h6-7,14,16-17,20H,4-5,8-13,15,18H2,1-3H3,(H,26,27). The van der Waals surface area contributed by atoms with Gasteiger partial charge in [0.15, 0.2) is 5.96 Å². The molecule has 1 aromatic carbocycles. The molecule has 4 rings (SSSR count). The number of rotatable bonds is 6. The highest BCUT2D eigenvalue weighted by molar-refractivity contribution is 5.80. The number of anilines is 1. The normalized spacial score (nSPS) is 20.2. The molecule has 174 valence electrons. The van der Waals surface area contributed by atoms with Crippen molar-refractivity contribution in [2.24, 2.45) is 12.0 Å². The van der Waals surface area contributed by atoms with E-state index in [0.29, 0.717) is 18.2 Å². The Hall–Kier alpha value is -2.61. The Kier molecular flexibility index (Phi) is 7.29. The Morgan fingerprint density at radius 3 is 2.66 bits per heavy atom. The highest BCUT2D eigenvalue weighted by Crippen LogP contribution is 2.27. The maximum absolute atomic E-state index is 14.9. The monoisotopic (exact) mass is 441 g/mol. The largest absolute Gasteiger partial charge is 0.367 e. The molecule has 2 aliphatic heterocycles. The summed E-state index contributed by atoms with van der Waals surface area (Å²) < 4.78 is 16.8. The third-order valence-corrected chi connectivity index (χ3v) is 6.60. The van der Waals surface area contributed by atoms with E-state index in [2.05, 4.69) is 45.2 Å². The van der Waals surface area contributed by atoms with Gasteiger partial charge in [-0.15, -0.1) is 0 Å². The number of hydrogen-bond acceptors (Lipinski definition) is 4. The molecule has 1 N–H and O–H groups in total. The first-order valence-electron chi connectivity index (χ1n) is 11.8. The van der Waals surface area contributed by atoms with E-state index in [0.717, 1.165) is 70.3 Å². The molecule has 2 saturated heterocycles. The number of piperazine rings is 1.